The highest BCUT2D eigenvalue weighted by Crippen LogP contribution is 2.26. The van der Waals surface area contributed by atoms with Crippen molar-refractivity contribution in [3.05, 3.63) is 11.9 Å². The number of hydrogen-bond donors (Lipinski definition) is 1. The molecule has 0 saturated carbocycles. The Bertz CT molecular complexity index is 312. The number of aliphatic hydroxyl groups excluding tert-OH is 1. The number of aromatic nitrogens is 2. The van der Waals surface area contributed by atoms with Crippen LogP contribution in [0.15, 0.2) is 6.20 Å². The molecule has 5 nitrogen and oxygen atoms in total. The molecule has 92 valence electrons. The molecular weight excluding hydrogens is 208 g/mol. The van der Waals surface area contributed by atoms with E-state index in [0.29, 0.717) is 25.4 Å². The lowest BCUT2D eigenvalue weighted by atomic mass is 10.1. The van der Waals surface area contributed by atoms with Gasteiger partial charge in [-0.15, -0.1) is 0 Å². The summed E-state index contributed by atoms with van der Waals surface area (Å²) in [5.74, 6) is 0.631. The van der Waals surface area contributed by atoms with E-state index in [2.05, 4.69) is 5.10 Å². The maximum Gasteiger partial charge on any atom is 0.162 e. The number of rotatable bonds is 7. The van der Waals surface area contributed by atoms with Gasteiger partial charge in [0.1, 0.15) is 5.69 Å². The fourth-order valence-corrected chi connectivity index (χ4v) is 1.62. The minimum Gasteiger partial charge on any atom is -0.493 e. The van der Waals surface area contributed by atoms with Crippen molar-refractivity contribution >= 4 is 0 Å². The molecule has 1 unspecified atom stereocenters. The van der Waals surface area contributed by atoms with Crippen LogP contribution in [0.3, 0.4) is 0 Å². The van der Waals surface area contributed by atoms with E-state index in [1.165, 1.54) is 0 Å². The van der Waals surface area contributed by atoms with Crippen molar-refractivity contribution in [2.75, 3.05) is 20.3 Å². The minimum absolute atomic E-state index is 0.553. The van der Waals surface area contributed by atoms with Gasteiger partial charge in [-0.1, -0.05) is 0 Å². The number of ether oxygens (including phenoxy) is 2. The molecule has 0 spiro atoms. The van der Waals surface area contributed by atoms with Crippen LogP contribution in [-0.4, -0.2) is 35.2 Å². The van der Waals surface area contributed by atoms with E-state index in [1.807, 2.05) is 6.92 Å². The zero-order valence-corrected chi connectivity index (χ0v) is 10.1. The summed E-state index contributed by atoms with van der Waals surface area (Å²) in [6, 6.07) is 0. The fraction of sp³-hybridized carbons (Fsp3) is 0.727. The lowest BCUT2D eigenvalue weighted by Crippen LogP contribution is -2.08. The molecule has 0 bridgehead atoms. The molecule has 0 saturated heterocycles. The Morgan fingerprint density at radius 2 is 2.31 bits per heavy atom. The van der Waals surface area contributed by atoms with Crippen molar-refractivity contribution in [3.8, 4) is 5.75 Å². The van der Waals surface area contributed by atoms with Gasteiger partial charge in [-0.3, -0.25) is 4.68 Å². The SMILES string of the molecule is CCOCCCC(O)c1c(OC)cnn1C. The largest absolute Gasteiger partial charge is 0.493 e. The predicted molar refractivity (Wildman–Crippen MR) is 60.4 cm³/mol. The summed E-state index contributed by atoms with van der Waals surface area (Å²) in [4.78, 5) is 0. The fourth-order valence-electron chi connectivity index (χ4n) is 1.62. The van der Waals surface area contributed by atoms with Crippen molar-refractivity contribution in [2.24, 2.45) is 7.05 Å². The van der Waals surface area contributed by atoms with Gasteiger partial charge >= 0.3 is 0 Å². The quantitative estimate of drug-likeness (QED) is 0.714. The average Bonchev–Trinajstić information content (AvgIpc) is 2.65. The summed E-state index contributed by atoms with van der Waals surface area (Å²) in [6.45, 7) is 3.35. The summed E-state index contributed by atoms with van der Waals surface area (Å²) in [6.07, 6.45) is 2.53. The normalized spacial score (nSPS) is 12.8. The number of hydrogen-bond acceptors (Lipinski definition) is 4. The summed E-state index contributed by atoms with van der Waals surface area (Å²) in [7, 11) is 3.37. The van der Waals surface area contributed by atoms with Gasteiger partial charge in [0.05, 0.1) is 19.4 Å². The highest BCUT2D eigenvalue weighted by molar-refractivity contribution is 5.26. The molecule has 0 aromatic carbocycles. The maximum atomic E-state index is 10.0. The van der Waals surface area contributed by atoms with Gasteiger partial charge in [-0.2, -0.15) is 5.10 Å². The molecule has 0 aliphatic heterocycles. The summed E-state index contributed by atoms with van der Waals surface area (Å²) in [5, 5.41) is 14.1. The first-order chi connectivity index (χ1) is 7.70. The Hall–Kier alpha value is -1.07. The lowest BCUT2D eigenvalue weighted by molar-refractivity contribution is 0.109. The second-order valence-electron chi connectivity index (χ2n) is 3.58. The predicted octanol–water partition coefficient (Wildman–Crippen LogP) is 1.28. The lowest BCUT2D eigenvalue weighted by Gasteiger charge is -2.12. The molecule has 1 heterocycles. The van der Waals surface area contributed by atoms with Crippen molar-refractivity contribution in [1.82, 2.24) is 9.78 Å². The third-order valence-corrected chi connectivity index (χ3v) is 2.46. The molecule has 5 heteroatoms. The van der Waals surface area contributed by atoms with Crippen LogP contribution in [0.5, 0.6) is 5.75 Å². The average molecular weight is 228 g/mol. The van der Waals surface area contributed by atoms with Crippen molar-refractivity contribution in [3.63, 3.8) is 0 Å². The maximum absolute atomic E-state index is 10.0. The monoisotopic (exact) mass is 228 g/mol. The molecule has 0 aliphatic carbocycles. The number of nitrogens with zero attached hydrogens (tertiary/aromatic N) is 2. The number of aryl methyl sites for hydroxylation is 1. The molecule has 1 rings (SSSR count). The van der Waals surface area contributed by atoms with Gasteiger partial charge < -0.3 is 14.6 Å². The molecule has 0 aliphatic rings. The molecule has 0 fully saturated rings. The molecule has 0 amide bonds. The second kappa shape index (κ2) is 6.50. The Labute approximate surface area is 96.0 Å². The van der Waals surface area contributed by atoms with Crippen molar-refractivity contribution < 1.29 is 14.6 Å². The third-order valence-electron chi connectivity index (χ3n) is 2.46. The first kappa shape index (κ1) is 13.0. The number of methoxy groups -OCH3 is 1. The summed E-state index contributed by atoms with van der Waals surface area (Å²) in [5.41, 5.74) is 0.721. The summed E-state index contributed by atoms with van der Waals surface area (Å²) < 4.78 is 12.0. The van der Waals surface area contributed by atoms with Crippen LogP contribution in [0.2, 0.25) is 0 Å². The zero-order chi connectivity index (χ0) is 12.0. The summed E-state index contributed by atoms with van der Waals surface area (Å²) >= 11 is 0. The first-order valence-corrected chi connectivity index (χ1v) is 5.52. The van der Waals surface area contributed by atoms with Crippen LogP contribution in [0.25, 0.3) is 0 Å². The molecule has 1 aromatic rings. The van der Waals surface area contributed by atoms with Crippen LogP contribution >= 0.6 is 0 Å². The second-order valence-corrected chi connectivity index (χ2v) is 3.58. The molecular formula is C11H20N2O3. The van der Waals surface area contributed by atoms with Crippen LogP contribution < -0.4 is 4.74 Å². The first-order valence-electron chi connectivity index (χ1n) is 5.52. The van der Waals surface area contributed by atoms with E-state index >= 15 is 0 Å². The standard InChI is InChI=1S/C11H20N2O3/c1-4-16-7-5-6-9(14)11-10(15-3)8-12-13(11)2/h8-9,14H,4-7H2,1-3H3. The van der Waals surface area contributed by atoms with Crippen LogP contribution in [-0.2, 0) is 11.8 Å². The molecule has 0 radical (unpaired) electrons. The van der Waals surface area contributed by atoms with Gasteiger partial charge in [0.2, 0.25) is 0 Å². The van der Waals surface area contributed by atoms with Crippen LogP contribution in [0.4, 0.5) is 0 Å². The zero-order valence-electron chi connectivity index (χ0n) is 10.1. The van der Waals surface area contributed by atoms with E-state index in [0.717, 1.165) is 12.1 Å². The van der Waals surface area contributed by atoms with E-state index in [1.54, 1.807) is 25.0 Å². The van der Waals surface area contributed by atoms with Gasteiger partial charge in [0.15, 0.2) is 5.75 Å². The molecule has 1 atom stereocenters. The Morgan fingerprint density at radius 3 is 2.94 bits per heavy atom. The van der Waals surface area contributed by atoms with E-state index < -0.39 is 6.10 Å². The minimum atomic E-state index is -0.553. The van der Waals surface area contributed by atoms with Crippen LogP contribution in [0.1, 0.15) is 31.6 Å². The Balaban J connectivity index is 2.51. The topological polar surface area (TPSA) is 56.5 Å². The van der Waals surface area contributed by atoms with Crippen molar-refractivity contribution in [1.29, 1.82) is 0 Å². The molecule has 16 heavy (non-hydrogen) atoms. The third kappa shape index (κ3) is 3.21. The van der Waals surface area contributed by atoms with Gasteiger partial charge in [-0.25, -0.2) is 0 Å². The smallest absolute Gasteiger partial charge is 0.162 e. The van der Waals surface area contributed by atoms with E-state index in [-0.39, 0.29) is 0 Å². The van der Waals surface area contributed by atoms with E-state index in [9.17, 15) is 5.11 Å². The van der Waals surface area contributed by atoms with Gasteiger partial charge in [0, 0.05) is 20.3 Å². The number of aliphatic hydroxyl groups is 1. The van der Waals surface area contributed by atoms with E-state index in [4.69, 9.17) is 9.47 Å². The molecule has 1 N–H and O–H groups in total. The Morgan fingerprint density at radius 1 is 1.56 bits per heavy atom. The van der Waals surface area contributed by atoms with Gasteiger partial charge in [0.25, 0.3) is 0 Å². The highest BCUT2D eigenvalue weighted by atomic mass is 16.5. The van der Waals surface area contributed by atoms with Crippen LogP contribution in [0, 0.1) is 0 Å². The molecule has 1 aromatic heterocycles. The van der Waals surface area contributed by atoms with Crippen molar-refractivity contribution in [2.45, 2.75) is 25.9 Å². The Kier molecular flexibility index (Phi) is 5.28. The van der Waals surface area contributed by atoms with Gasteiger partial charge in [-0.05, 0) is 19.8 Å². The highest BCUT2D eigenvalue weighted by Gasteiger charge is 2.17.